The number of hydrogen-bond donors (Lipinski definition) is 0. The fraction of sp³-hybridized carbons (Fsp3) is 0.704. The SMILES string of the molecule is O=C1CCc2cc(S(=O)(=O)N3CCN(C(=O)C45CC6CC(CC(C6)C4)C5)CC3)cc3c2N1CCC3. The molecule has 0 unspecified atom stereocenters. The summed E-state index contributed by atoms with van der Waals surface area (Å²) in [6.45, 7) is 2.42. The van der Waals surface area contributed by atoms with Gasteiger partial charge in [-0.3, -0.25) is 9.59 Å². The molecule has 3 heterocycles. The smallest absolute Gasteiger partial charge is 0.243 e. The van der Waals surface area contributed by atoms with E-state index in [1.807, 2.05) is 9.80 Å². The van der Waals surface area contributed by atoms with Gasteiger partial charge >= 0.3 is 0 Å². The Hall–Kier alpha value is -1.93. The molecule has 7 aliphatic rings. The van der Waals surface area contributed by atoms with E-state index < -0.39 is 10.0 Å². The monoisotopic (exact) mass is 497 g/mol. The average Bonchev–Trinajstić information content (AvgIpc) is 2.85. The highest BCUT2D eigenvalue weighted by Gasteiger charge is 2.55. The zero-order chi connectivity index (χ0) is 23.9. The molecule has 0 spiro atoms. The second-order valence-electron chi connectivity index (χ2n) is 12.1. The minimum Gasteiger partial charge on any atom is -0.340 e. The van der Waals surface area contributed by atoms with Crippen LogP contribution in [0.3, 0.4) is 0 Å². The third-order valence-electron chi connectivity index (χ3n) is 9.90. The van der Waals surface area contributed by atoms with Gasteiger partial charge in [0.1, 0.15) is 0 Å². The molecule has 8 rings (SSSR count). The van der Waals surface area contributed by atoms with Crippen molar-refractivity contribution in [1.82, 2.24) is 9.21 Å². The molecule has 35 heavy (non-hydrogen) atoms. The topological polar surface area (TPSA) is 78.0 Å². The number of nitrogens with zero attached hydrogens (tertiary/aromatic N) is 3. The van der Waals surface area contributed by atoms with Crippen LogP contribution in [0.15, 0.2) is 17.0 Å². The molecule has 4 aliphatic carbocycles. The van der Waals surface area contributed by atoms with Crippen LogP contribution >= 0.6 is 0 Å². The number of aryl methyl sites for hydroxylation is 2. The number of sulfonamides is 1. The van der Waals surface area contributed by atoms with Crippen molar-refractivity contribution >= 4 is 27.5 Å². The minimum absolute atomic E-state index is 0.147. The summed E-state index contributed by atoms with van der Waals surface area (Å²) in [5, 5.41) is 0. The summed E-state index contributed by atoms with van der Waals surface area (Å²) in [5.74, 6) is 2.62. The van der Waals surface area contributed by atoms with Crippen molar-refractivity contribution in [2.45, 2.75) is 69.1 Å². The van der Waals surface area contributed by atoms with Crippen molar-refractivity contribution < 1.29 is 18.0 Å². The van der Waals surface area contributed by atoms with Crippen molar-refractivity contribution in [3.05, 3.63) is 23.3 Å². The van der Waals surface area contributed by atoms with E-state index in [0.29, 0.717) is 49.8 Å². The molecule has 0 atom stereocenters. The number of anilines is 1. The molecule has 1 aromatic rings. The standard InChI is InChI=1S/C27H35N3O4S/c31-24-4-3-22-14-23(13-21-2-1-5-30(24)25(21)22)35(33,34)29-8-6-28(7-9-29)26(32)27-15-18-10-19(16-27)12-20(11-18)17-27/h13-14,18-20H,1-12,15-17H2. The van der Waals surface area contributed by atoms with Crippen molar-refractivity contribution in [2.75, 3.05) is 37.6 Å². The molecule has 7 nitrogen and oxygen atoms in total. The Bertz CT molecular complexity index is 1150. The summed E-state index contributed by atoms with van der Waals surface area (Å²) in [6.07, 6.45) is 9.81. The molecular weight excluding hydrogens is 462 g/mol. The molecule has 5 fully saturated rings. The molecule has 8 heteroatoms. The van der Waals surface area contributed by atoms with E-state index in [9.17, 15) is 18.0 Å². The van der Waals surface area contributed by atoms with Gasteiger partial charge in [-0.25, -0.2) is 8.42 Å². The maximum absolute atomic E-state index is 13.7. The highest BCUT2D eigenvalue weighted by atomic mass is 32.2. The average molecular weight is 498 g/mol. The summed E-state index contributed by atoms with van der Waals surface area (Å²) in [4.78, 5) is 30.2. The van der Waals surface area contributed by atoms with Gasteiger partial charge < -0.3 is 9.80 Å². The second kappa shape index (κ2) is 7.78. The van der Waals surface area contributed by atoms with Crippen LogP contribution in [0, 0.1) is 23.2 Å². The molecule has 2 amide bonds. The van der Waals surface area contributed by atoms with Crippen LogP contribution in [-0.4, -0.2) is 62.2 Å². The number of hydrogen-bond acceptors (Lipinski definition) is 4. The summed E-state index contributed by atoms with van der Waals surface area (Å²) in [7, 11) is -3.64. The predicted octanol–water partition coefficient (Wildman–Crippen LogP) is 2.96. The number of benzene rings is 1. The zero-order valence-electron chi connectivity index (χ0n) is 20.4. The molecule has 0 aromatic heterocycles. The first-order valence-corrected chi connectivity index (χ1v) is 15.0. The second-order valence-corrected chi connectivity index (χ2v) is 14.1. The van der Waals surface area contributed by atoms with Crippen LogP contribution in [0.1, 0.15) is 62.5 Å². The van der Waals surface area contributed by atoms with Crippen LogP contribution in [0.4, 0.5) is 5.69 Å². The molecule has 4 saturated carbocycles. The molecule has 3 aliphatic heterocycles. The van der Waals surface area contributed by atoms with Gasteiger partial charge in [-0.2, -0.15) is 4.31 Å². The number of carbonyl (C=O) groups excluding carboxylic acids is 2. The van der Waals surface area contributed by atoms with Gasteiger partial charge in [0.25, 0.3) is 0 Å². The first kappa shape index (κ1) is 22.3. The quantitative estimate of drug-likeness (QED) is 0.643. The van der Waals surface area contributed by atoms with Gasteiger partial charge in [0.15, 0.2) is 0 Å². The lowest BCUT2D eigenvalue weighted by Gasteiger charge is -2.57. The van der Waals surface area contributed by atoms with E-state index in [2.05, 4.69) is 0 Å². The van der Waals surface area contributed by atoms with E-state index >= 15 is 0 Å². The van der Waals surface area contributed by atoms with Crippen LogP contribution < -0.4 is 4.90 Å². The van der Waals surface area contributed by atoms with E-state index in [0.717, 1.165) is 73.2 Å². The summed E-state index contributed by atoms with van der Waals surface area (Å²) >= 11 is 0. The number of piperazine rings is 1. The molecule has 4 bridgehead atoms. The maximum atomic E-state index is 13.7. The van der Waals surface area contributed by atoms with Crippen LogP contribution in [0.5, 0.6) is 0 Å². The zero-order valence-corrected chi connectivity index (χ0v) is 21.2. The molecule has 1 aromatic carbocycles. The lowest BCUT2D eigenvalue weighted by Crippen LogP contribution is -2.58. The normalized spacial score (nSPS) is 34.3. The van der Waals surface area contributed by atoms with Crippen molar-refractivity contribution in [1.29, 1.82) is 0 Å². The highest BCUT2D eigenvalue weighted by Crippen LogP contribution is 2.60. The third kappa shape index (κ3) is 3.42. The number of carbonyl (C=O) groups is 2. The van der Waals surface area contributed by atoms with Crippen molar-refractivity contribution in [3.8, 4) is 0 Å². The van der Waals surface area contributed by atoms with Crippen molar-refractivity contribution in [2.24, 2.45) is 23.2 Å². The molecule has 1 saturated heterocycles. The molecule has 0 radical (unpaired) electrons. The van der Waals surface area contributed by atoms with E-state index in [4.69, 9.17) is 0 Å². The summed E-state index contributed by atoms with van der Waals surface area (Å²) in [5.41, 5.74) is 2.75. The summed E-state index contributed by atoms with van der Waals surface area (Å²) < 4.78 is 28.9. The van der Waals surface area contributed by atoms with Crippen molar-refractivity contribution in [3.63, 3.8) is 0 Å². The molecule has 0 N–H and O–H groups in total. The third-order valence-corrected chi connectivity index (χ3v) is 11.8. The predicted molar refractivity (Wildman–Crippen MR) is 131 cm³/mol. The van der Waals surface area contributed by atoms with Gasteiger partial charge in [-0.15, -0.1) is 0 Å². The minimum atomic E-state index is -3.64. The molecule has 188 valence electrons. The van der Waals surface area contributed by atoms with E-state index in [1.54, 1.807) is 16.4 Å². The Morgan fingerprint density at radius 1 is 0.829 bits per heavy atom. The van der Waals surface area contributed by atoms with Gasteiger partial charge in [0.2, 0.25) is 21.8 Å². The van der Waals surface area contributed by atoms with Crippen LogP contribution in [0.2, 0.25) is 0 Å². The van der Waals surface area contributed by atoms with Gasteiger partial charge in [-0.05, 0) is 98.8 Å². The number of amides is 2. The fourth-order valence-electron chi connectivity index (χ4n) is 8.76. The molecular formula is C27H35N3O4S. The largest absolute Gasteiger partial charge is 0.340 e. The van der Waals surface area contributed by atoms with Gasteiger partial charge in [0.05, 0.1) is 16.0 Å². The first-order valence-electron chi connectivity index (χ1n) is 13.6. The Balaban J connectivity index is 1.09. The maximum Gasteiger partial charge on any atom is 0.243 e. The Morgan fingerprint density at radius 2 is 1.43 bits per heavy atom. The van der Waals surface area contributed by atoms with Gasteiger partial charge in [-0.1, -0.05) is 0 Å². The lowest BCUT2D eigenvalue weighted by atomic mass is 9.49. The van der Waals surface area contributed by atoms with E-state index in [1.165, 1.54) is 19.3 Å². The fourth-order valence-corrected chi connectivity index (χ4v) is 10.3. The first-order chi connectivity index (χ1) is 16.8. The number of rotatable bonds is 3. The Morgan fingerprint density at radius 3 is 2.06 bits per heavy atom. The van der Waals surface area contributed by atoms with Gasteiger partial charge in [0, 0.05) is 39.1 Å². The Labute approximate surface area is 207 Å². The van der Waals surface area contributed by atoms with E-state index in [-0.39, 0.29) is 11.3 Å². The summed E-state index contributed by atoms with van der Waals surface area (Å²) in [6, 6.07) is 3.60. The van der Waals surface area contributed by atoms with Crippen LogP contribution in [-0.2, 0) is 32.5 Å². The van der Waals surface area contributed by atoms with Crippen LogP contribution in [0.25, 0.3) is 0 Å². The Kier molecular flexibility index (Phi) is 4.95. The highest BCUT2D eigenvalue weighted by molar-refractivity contribution is 7.89. The lowest BCUT2D eigenvalue weighted by molar-refractivity contribution is -0.158.